The van der Waals surface area contributed by atoms with Crippen LogP contribution in [0.25, 0.3) is 0 Å². The quantitative estimate of drug-likeness (QED) is 0.731. The maximum Gasteiger partial charge on any atom is 0.220 e. The van der Waals surface area contributed by atoms with Crippen LogP contribution in [-0.2, 0) is 16.0 Å². The molecule has 1 N–H and O–H groups in total. The zero-order valence-electron chi connectivity index (χ0n) is 11.9. The molecule has 0 spiro atoms. The van der Waals surface area contributed by atoms with Crippen molar-refractivity contribution in [3.63, 3.8) is 0 Å². The van der Waals surface area contributed by atoms with Gasteiger partial charge in [0.1, 0.15) is 5.78 Å². The zero-order valence-corrected chi connectivity index (χ0v) is 11.9. The SMILES string of the molecule is CC(=O)CCCNC(=O)CCCc1ccc(C)cc1. The Bertz CT molecular complexity index is 409. The van der Waals surface area contributed by atoms with Crippen molar-refractivity contribution in [2.24, 2.45) is 0 Å². The molecule has 0 aliphatic heterocycles. The molecule has 104 valence electrons. The van der Waals surface area contributed by atoms with Gasteiger partial charge in [0, 0.05) is 19.4 Å². The van der Waals surface area contributed by atoms with E-state index in [2.05, 4.69) is 36.5 Å². The number of hydrogen-bond donors (Lipinski definition) is 1. The summed E-state index contributed by atoms with van der Waals surface area (Å²) in [5.41, 5.74) is 2.53. The standard InChI is InChI=1S/C16H23NO2/c1-13-8-10-15(11-9-13)6-3-7-16(19)17-12-4-5-14(2)18/h8-11H,3-7,12H2,1-2H3,(H,17,19). The van der Waals surface area contributed by atoms with E-state index in [0.717, 1.165) is 19.3 Å². The Labute approximate surface area is 115 Å². The number of Topliss-reactive ketones (excluding diaryl/α,β-unsaturated/α-hetero) is 1. The van der Waals surface area contributed by atoms with Crippen LogP contribution in [0.4, 0.5) is 0 Å². The molecule has 1 aromatic carbocycles. The number of carbonyl (C=O) groups excluding carboxylic acids is 2. The van der Waals surface area contributed by atoms with Crippen LogP contribution < -0.4 is 5.32 Å². The maximum absolute atomic E-state index is 11.5. The molecule has 1 aromatic rings. The number of nitrogens with one attached hydrogen (secondary N) is 1. The highest BCUT2D eigenvalue weighted by molar-refractivity contribution is 5.76. The van der Waals surface area contributed by atoms with E-state index in [1.807, 2.05) is 0 Å². The smallest absolute Gasteiger partial charge is 0.220 e. The van der Waals surface area contributed by atoms with E-state index in [1.54, 1.807) is 6.92 Å². The van der Waals surface area contributed by atoms with Crippen LogP contribution in [0, 0.1) is 6.92 Å². The molecular formula is C16H23NO2. The summed E-state index contributed by atoms with van der Waals surface area (Å²) >= 11 is 0. The molecule has 1 rings (SSSR count). The van der Waals surface area contributed by atoms with Crippen molar-refractivity contribution in [1.29, 1.82) is 0 Å². The first-order chi connectivity index (χ1) is 9.08. The Hall–Kier alpha value is -1.64. The summed E-state index contributed by atoms with van der Waals surface area (Å²) in [7, 11) is 0. The molecule has 0 saturated carbocycles. The van der Waals surface area contributed by atoms with Crippen molar-refractivity contribution in [3.8, 4) is 0 Å². The molecule has 0 unspecified atom stereocenters. The number of hydrogen-bond acceptors (Lipinski definition) is 2. The Morgan fingerprint density at radius 1 is 1.05 bits per heavy atom. The molecule has 0 atom stereocenters. The van der Waals surface area contributed by atoms with Crippen LogP contribution in [0.15, 0.2) is 24.3 Å². The summed E-state index contributed by atoms with van der Waals surface area (Å²) in [6, 6.07) is 8.41. The Morgan fingerprint density at radius 2 is 1.74 bits per heavy atom. The summed E-state index contributed by atoms with van der Waals surface area (Å²) in [6.45, 7) is 4.24. The Morgan fingerprint density at radius 3 is 2.37 bits per heavy atom. The van der Waals surface area contributed by atoms with E-state index in [0.29, 0.717) is 19.4 Å². The fourth-order valence-electron chi connectivity index (χ4n) is 1.86. The second-order valence-corrected chi connectivity index (χ2v) is 4.99. The number of carbonyl (C=O) groups is 2. The van der Waals surface area contributed by atoms with E-state index in [9.17, 15) is 9.59 Å². The summed E-state index contributed by atoms with van der Waals surface area (Å²) in [6.07, 6.45) is 3.62. The first kappa shape index (κ1) is 15.4. The lowest BCUT2D eigenvalue weighted by molar-refractivity contribution is -0.121. The molecule has 3 nitrogen and oxygen atoms in total. The van der Waals surface area contributed by atoms with Gasteiger partial charge in [-0.2, -0.15) is 0 Å². The zero-order chi connectivity index (χ0) is 14.1. The number of aryl methyl sites for hydroxylation is 2. The van der Waals surface area contributed by atoms with E-state index >= 15 is 0 Å². The van der Waals surface area contributed by atoms with Gasteiger partial charge in [0.05, 0.1) is 0 Å². The predicted octanol–water partition coefficient (Wildman–Crippen LogP) is 2.80. The van der Waals surface area contributed by atoms with Crippen LogP contribution in [0.1, 0.15) is 43.7 Å². The molecule has 0 radical (unpaired) electrons. The van der Waals surface area contributed by atoms with Crippen molar-refractivity contribution >= 4 is 11.7 Å². The van der Waals surface area contributed by atoms with Gasteiger partial charge in [-0.3, -0.25) is 4.79 Å². The molecule has 0 aromatic heterocycles. The topological polar surface area (TPSA) is 46.2 Å². The van der Waals surface area contributed by atoms with Crippen molar-refractivity contribution < 1.29 is 9.59 Å². The average Bonchev–Trinajstić information content (AvgIpc) is 2.37. The van der Waals surface area contributed by atoms with Crippen molar-refractivity contribution in [2.75, 3.05) is 6.54 Å². The van der Waals surface area contributed by atoms with Gasteiger partial charge >= 0.3 is 0 Å². The van der Waals surface area contributed by atoms with Gasteiger partial charge in [0.15, 0.2) is 0 Å². The van der Waals surface area contributed by atoms with Crippen LogP contribution in [-0.4, -0.2) is 18.2 Å². The van der Waals surface area contributed by atoms with Gasteiger partial charge in [-0.05, 0) is 38.7 Å². The molecule has 3 heteroatoms. The lowest BCUT2D eigenvalue weighted by Crippen LogP contribution is -2.24. The molecule has 0 saturated heterocycles. The van der Waals surface area contributed by atoms with Gasteiger partial charge in [-0.15, -0.1) is 0 Å². The highest BCUT2D eigenvalue weighted by Gasteiger charge is 2.01. The van der Waals surface area contributed by atoms with Crippen LogP contribution in [0.3, 0.4) is 0 Å². The number of rotatable bonds is 8. The third-order valence-electron chi connectivity index (χ3n) is 3.02. The third-order valence-corrected chi connectivity index (χ3v) is 3.02. The van der Waals surface area contributed by atoms with Gasteiger partial charge in [-0.1, -0.05) is 29.8 Å². The maximum atomic E-state index is 11.5. The second kappa shape index (κ2) is 8.46. The highest BCUT2D eigenvalue weighted by atomic mass is 16.1. The minimum Gasteiger partial charge on any atom is -0.356 e. The summed E-state index contributed by atoms with van der Waals surface area (Å²) in [5.74, 6) is 0.254. The first-order valence-electron chi connectivity index (χ1n) is 6.89. The molecular weight excluding hydrogens is 238 g/mol. The van der Waals surface area contributed by atoms with Gasteiger partial charge in [0.25, 0.3) is 0 Å². The third kappa shape index (κ3) is 7.39. The van der Waals surface area contributed by atoms with Crippen molar-refractivity contribution in [2.45, 2.75) is 46.0 Å². The van der Waals surface area contributed by atoms with E-state index in [1.165, 1.54) is 11.1 Å². The normalized spacial score (nSPS) is 10.2. The predicted molar refractivity (Wildman–Crippen MR) is 77.0 cm³/mol. The molecule has 0 aliphatic rings. The lowest BCUT2D eigenvalue weighted by Gasteiger charge is -2.05. The number of amides is 1. The molecule has 0 aliphatic carbocycles. The fourth-order valence-corrected chi connectivity index (χ4v) is 1.86. The van der Waals surface area contributed by atoms with Gasteiger partial charge in [0.2, 0.25) is 5.91 Å². The molecule has 0 heterocycles. The minimum absolute atomic E-state index is 0.0793. The van der Waals surface area contributed by atoms with E-state index < -0.39 is 0 Å². The van der Waals surface area contributed by atoms with Crippen molar-refractivity contribution in [3.05, 3.63) is 35.4 Å². The first-order valence-corrected chi connectivity index (χ1v) is 6.89. The summed E-state index contributed by atoms with van der Waals surface area (Å²) in [4.78, 5) is 22.3. The average molecular weight is 261 g/mol. The monoisotopic (exact) mass is 261 g/mol. The summed E-state index contributed by atoms with van der Waals surface area (Å²) in [5, 5.41) is 2.84. The van der Waals surface area contributed by atoms with Gasteiger partial charge in [-0.25, -0.2) is 0 Å². The Balaban J connectivity index is 2.10. The van der Waals surface area contributed by atoms with Gasteiger partial charge < -0.3 is 10.1 Å². The van der Waals surface area contributed by atoms with Crippen LogP contribution >= 0.6 is 0 Å². The largest absolute Gasteiger partial charge is 0.356 e. The Kier molecular flexibility index (Phi) is 6.86. The lowest BCUT2D eigenvalue weighted by atomic mass is 10.1. The molecule has 0 fully saturated rings. The molecule has 19 heavy (non-hydrogen) atoms. The summed E-state index contributed by atoms with van der Waals surface area (Å²) < 4.78 is 0. The number of benzene rings is 1. The van der Waals surface area contributed by atoms with Crippen molar-refractivity contribution in [1.82, 2.24) is 5.32 Å². The second-order valence-electron chi connectivity index (χ2n) is 4.99. The van der Waals surface area contributed by atoms with Crippen LogP contribution in [0.5, 0.6) is 0 Å². The number of ketones is 1. The highest BCUT2D eigenvalue weighted by Crippen LogP contribution is 2.07. The van der Waals surface area contributed by atoms with Crippen LogP contribution in [0.2, 0.25) is 0 Å². The van der Waals surface area contributed by atoms with E-state index in [4.69, 9.17) is 0 Å². The minimum atomic E-state index is 0.0793. The van der Waals surface area contributed by atoms with E-state index in [-0.39, 0.29) is 11.7 Å². The molecule has 1 amide bonds. The fraction of sp³-hybridized carbons (Fsp3) is 0.500. The molecule has 0 bridgehead atoms.